The van der Waals surface area contributed by atoms with Crippen LogP contribution in [0.2, 0.25) is 0 Å². The third-order valence-electron chi connectivity index (χ3n) is 4.03. The third-order valence-corrected chi connectivity index (χ3v) is 5.70. The van der Waals surface area contributed by atoms with Crippen LogP contribution < -0.4 is 10.0 Å². The van der Waals surface area contributed by atoms with Gasteiger partial charge in [-0.25, -0.2) is 13.1 Å². The van der Waals surface area contributed by atoms with Crippen molar-refractivity contribution in [2.45, 2.75) is 50.8 Å². The molecular weight excluding hydrogens is 354 g/mol. The summed E-state index contributed by atoms with van der Waals surface area (Å²) < 4.78 is 32.4. The summed E-state index contributed by atoms with van der Waals surface area (Å²) in [6, 6.07) is 5.77. The van der Waals surface area contributed by atoms with Crippen molar-refractivity contribution in [3.05, 3.63) is 29.8 Å². The summed E-state index contributed by atoms with van der Waals surface area (Å²) in [6.07, 6.45) is 0.395. The molecule has 1 aromatic carbocycles. The Bertz CT molecular complexity index is 694. The highest BCUT2D eigenvalue weighted by Crippen LogP contribution is 2.12. The minimum absolute atomic E-state index is 0.152. The number of nitrogens with zero attached hydrogens (tertiary/aromatic N) is 1. The highest BCUT2D eigenvalue weighted by Gasteiger charge is 2.22. The van der Waals surface area contributed by atoms with Crippen LogP contribution in [-0.4, -0.2) is 63.7 Å². The maximum Gasteiger partial charge on any atom is 0.251 e. The molecule has 2 N–H and O–H groups in total. The Balaban J connectivity index is 1.86. The van der Waals surface area contributed by atoms with Crippen molar-refractivity contribution in [3.8, 4) is 0 Å². The number of carbonyl (C=O) groups excluding carboxylic acids is 1. The van der Waals surface area contributed by atoms with Crippen LogP contribution in [-0.2, 0) is 14.8 Å². The molecule has 2 unspecified atom stereocenters. The Morgan fingerprint density at radius 2 is 1.77 bits per heavy atom. The maximum atomic E-state index is 12.2. The second-order valence-corrected chi connectivity index (χ2v) is 8.79. The van der Waals surface area contributed by atoms with Gasteiger partial charge in [-0.15, -0.1) is 0 Å². The summed E-state index contributed by atoms with van der Waals surface area (Å²) in [6.45, 7) is 10.6. The summed E-state index contributed by atoms with van der Waals surface area (Å²) in [4.78, 5) is 14.7. The Hall–Kier alpha value is -1.48. The molecule has 0 aromatic heterocycles. The molecule has 1 fully saturated rings. The molecule has 1 heterocycles. The minimum atomic E-state index is -3.54. The lowest BCUT2D eigenvalue weighted by atomic mass is 10.2. The van der Waals surface area contributed by atoms with E-state index >= 15 is 0 Å². The van der Waals surface area contributed by atoms with Gasteiger partial charge in [0.1, 0.15) is 0 Å². The van der Waals surface area contributed by atoms with Gasteiger partial charge in [-0.3, -0.25) is 9.69 Å². The third kappa shape index (κ3) is 6.05. The molecule has 2 rings (SSSR count). The highest BCUT2D eigenvalue weighted by atomic mass is 32.2. The molecule has 1 saturated heterocycles. The van der Waals surface area contributed by atoms with Gasteiger partial charge in [-0.05, 0) is 52.0 Å². The summed E-state index contributed by atoms with van der Waals surface area (Å²) in [5, 5.41) is 2.88. The van der Waals surface area contributed by atoms with Crippen molar-refractivity contribution < 1.29 is 17.9 Å². The topological polar surface area (TPSA) is 87.7 Å². The number of hydrogen-bond donors (Lipinski definition) is 2. The first-order valence-electron chi connectivity index (χ1n) is 8.96. The molecule has 26 heavy (non-hydrogen) atoms. The van der Waals surface area contributed by atoms with Crippen LogP contribution in [0.15, 0.2) is 29.2 Å². The first kappa shape index (κ1) is 20.8. The monoisotopic (exact) mass is 383 g/mol. The summed E-state index contributed by atoms with van der Waals surface area (Å²) in [7, 11) is -3.54. The quantitative estimate of drug-likeness (QED) is 0.739. The van der Waals surface area contributed by atoms with Crippen molar-refractivity contribution in [1.82, 2.24) is 14.9 Å². The van der Waals surface area contributed by atoms with Crippen LogP contribution in [0.25, 0.3) is 0 Å². The maximum absolute atomic E-state index is 12.2. The summed E-state index contributed by atoms with van der Waals surface area (Å²) in [5.41, 5.74) is 0.442. The molecule has 7 nitrogen and oxygen atoms in total. The zero-order valence-electron chi connectivity index (χ0n) is 15.9. The molecule has 0 bridgehead atoms. The highest BCUT2D eigenvalue weighted by molar-refractivity contribution is 7.89. The molecule has 0 saturated carbocycles. The van der Waals surface area contributed by atoms with Crippen molar-refractivity contribution >= 4 is 15.9 Å². The van der Waals surface area contributed by atoms with Gasteiger partial charge in [0.15, 0.2) is 0 Å². The molecule has 1 aromatic rings. The predicted octanol–water partition coefficient (Wildman–Crippen LogP) is 1.21. The van der Waals surface area contributed by atoms with E-state index in [0.29, 0.717) is 12.1 Å². The van der Waals surface area contributed by atoms with Crippen molar-refractivity contribution in [2.75, 3.05) is 26.2 Å². The average Bonchev–Trinajstić information content (AvgIpc) is 2.53. The standard InChI is InChI=1S/C18H29N3O4S/c1-13(2)20-26(23,24)17-7-5-16(6-8-17)18(22)19-9-10-21-11-14(3)25-15(4)12-21/h5-8,13-15,20H,9-12H2,1-4H3,(H,19,22). The molecule has 8 heteroatoms. The molecule has 0 radical (unpaired) electrons. The second-order valence-electron chi connectivity index (χ2n) is 7.07. The number of morpholine rings is 1. The Kier molecular flexibility index (Phi) is 7.16. The molecule has 1 amide bonds. The summed E-state index contributed by atoms with van der Waals surface area (Å²) >= 11 is 0. The lowest BCUT2D eigenvalue weighted by Crippen LogP contribution is -2.47. The van der Waals surface area contributed by atoms with Gasteiger partial charge in [0.2, 0.25) is 10.0 Å². The molecule has 2 atom stereocenters. The van der Waals surface area contributed by atoms with E-state index in [1.807, 2.05) is 13.8 Å². The Labute approximate surface area is 156 Å². The van der Waals surface area contributed by atoms with E-state index in [0.717, 1.165) is 19.6 Å². The van der Waals surface area contributed by atoms with E-state index in [2.05, 4.69) is 14.9 Å². The molecule has 146 valence electrons. The number of sulfonamides is 1. The normalized spacial score (nSPS) is 21.7. The number of amides is 1. The number of nitrogens with one attached hydrogen (secondary N) is 2. The number of ether oxygens (including phenoxy) is 1. The number of rotatable bonds is 7. The van der Waals surface area contributed by atoms with E-state index in [-0.39, 0.29) is 29.1 Å². The van der Waals surface area contributed by atoms with Gasteiger partial charge in [-0.2, -0.15) is 0 Å². The average molecular weight is 384 g/mol. The fourth-order valence-corrected chi connectivity index (χ4v) is 4.31. The zero-order chi connectivity index (χ0) is 19.3. The first-order valence-corrected chi connectivity index (χ1v) is 10.4. The van der Waals surface area contributed by atoms with E-state index < -0.39 is 10.0 Å². The predicted molar refractivity (Wildman–Crippen MR) is 101 cm³/mol. The molecular formula is C18H29N3O4S. The fraction of sp³-hybridized carbons (Fsp3) is 0.611. The van der Waals surface area contributed by atoms with Crippen LogP contribution in [0.5, 0.6) is 0 Å². The SMILES string of the molecule is CC(C)NS(=O)(=O)c1ccc(C(=O)NCCN2CC(C)OC(C)C2)cc1. The Morgan fingerprint density at radius 3 is 2.31 bits per heavy atom. The van der Waals surface area contributed by atoms with Gasteiger partial charge < -0.3 is 10.1 Å². The van der Waals surface area contributed by atoms with E-state index in [1.165, 1.54) is 24.3 Å². The van der Waals surface area contributed by atoms with Gasteiger partial charge in [-0.1, -0.05) is 0 Å². The van der Waals surface area contributed by atoms with Crippen LogP contribution in [0.1, 0.15) is 38.1 Å². The van der Waals surface area contributed by atoms with E-state index in [1.54, 1.807) is 13.8 Å². The first-order chi connectivity index (χ1) is 12.2. The molecule has 0 aliphatic carbocycles. The van der Waals surface area contributed by atoms with Crippen molar-refractivity contribution in [2.24, 2.45) is 0 Å². The van der Waals surface area contributed by atoms with Gasteiger partial charge >= 0.3 is 0 Å². The summed E-state index contributed by atoms with van der Waals surface area (Å²) in [5.74, 6) is -0.208. The zero-order valence-corrected chi connectivity index (χ0v) is 16.7. The van der Waals surface area contributed by atoms with Crippen molar-refractivity contribution in [3.63, 3.8) is 0 Å². The van der Waals surface area contributed by atoms with Crippen LogP contribution in [0, 0.1) is 0 Å². The van der Waals surface area contributed by atoms with E-state index in [4.69, 9.17) is 4.74 Å². The number of benzene rings is 1. The van der Waals surface area contributed by atoms with Crippen LogP contribution in [0.3, 0.4) is 0 Å². The van der Waals surface area contributed by atoms with Crippen LogP contribution in [0.4, 0.5) is 0 Å². The van der Waals surface area contributed by atoms with Crippen LogP contribution >= 0.6 is 0 Å². The lowest BCUT2D eigenvalue weighted by molar-refractivity contribution is -0.0672. The fourth-order valence-electron chi connectivity index (χ4n) is 3.06. The smallest absolute Gasteiger partial charge is 0.251 e. The Morgan fingerprint density at radius 1 is 1.19 bits per heavy atom. The van der Waals surface area contributed by atoms with Gasteiger partial charge in [0, 0.05) is 37.8 Å². The van der Waals surface area contributed by atoms with Crippen molar-refractivity contribution in [1.29, 1.82) is 0 Å². The van der Waals surface area contributed by atoms with Gasteiger partial charge in [0.05, 0.1) is 17.1 Å². The number of carbonyl (C=O) groups is 1. The largest absolute Gasteiger partial charge is 0.373 e. The molecule has 1 aliphatic heterocycles. The lowest BCUT2D eigenvalue weighted by Gasteiger charge is -2.35. The second kappa shape index (κ2) is 8.94. The van der Waals surface area contributed by atoms with Gasteiger partial charge in [0.25, 0.3) is 5.91 Å². The molecule has 1 aliphatic rings. The molecule has 0 spiro atoms. The minimum Gasteiger partial charge on any atom is -0.373 e. The van der Waals surface area contributed by atoms with E-state index in [9.17, 15) is 13.2 Å². The number of hydrogen-bond acceptors (Lipinski definition) is 5.